The SMILES string of the molecule is CN=C(NCCc1ccc(Cl)s1)NC1CCN(c2ccccc2OC)C1. The van der Waals surface area contributed by atoms with Gasteiger partial charge in [0.1, 0.15) is 5.75 Å². The Balaban J connectivity index is 1.49. The van der Waals surface area contributed by atoms with Gasteiger partial charge in [-0.1, -0.05) is 23.7 Å². The zero-order valence-corrected chi connectivity index (χ0v) is 16.7. The summed E-state index contributed by atoms with van der Waals surface area (Å²) >= 11 is 7.60. The Bertz CT molecular complexity index is 749. The summed E-state index contributed by atoms with van der Waals surface area (Å²) in [6.45, 7) is 2.77. The van der Waals surface area contributed by atoms with Gasteiger partial charge in [-0.15, -0.1) is 11.3 Å². The molecule has 0 radical (unpaired) electrons. The van der Waals surface area contributed by atoms with Crippen LogP contribution in [-0.4, -0.2) is 45.8 Å². The number of para-hydroxylation sites is 2. The van der Waals surface area contributed by atoms with Crippen molar-refractivity contribution in [3.63, 3.8) is 0 Å². The molecule has 1 aliphatic rings. The summed E-state index contributed by atoms with van der Waals surface area (Å²) in [4.78, 5) is 7.99. The zero-order valence-electron chi connectivity index (χ0n) is 15.2. The summed E-state index contributed by atoms with van der Waals surface area (Å²) < 4.78 is 6.32. The van der Waals surface area contributed by atoms with Crippen molar-refractivity contribution in [2.45, 2.75) is 18.9 Å². The fourth-order valence-corrected chi connectivity index (χ4v) is 4.25. The zero-order chi connectivity index (χ0) is 18.4. The van der Waals surface area contributed by atoms with Crippen molar-refractivity contribution >= 4 is 34.6 Å². The number of anilines is 1. The van der Waals surface area contributed by atoms with Gasteiger partial charge in [0.2, 0.25) is 0 Å². The monoisotopic (exact) mass is 392 g/mol. The summed E-state index contributed by atoms with van der Waals surface area (Å²) in [6.07, 6.45) is 2.01. The first-order chi connectivity index (χ1) is 12.7. The lowest BCUT2D eigenvalue weighted by atomic mass is 10.2. The van der Waals surface area contributed by atoms with E-state index in [-0.39, 0.29) is 0 Å². The van der Waals surface area contributed by atoms with E-state index in [9.17, 15) is 0 Å². The smallest absolute Gasteiger partial charge is 0.191 e. The molecule has 140 valence electrons. The number of halogens is 1. The van der Waals surface area contributed by atoms with Crippen LogP contribution in [0.1, 0.15) is 11.3 Å². The normalized spacial score (nSPS) is 17.4. The van der Waals surface area contributed by atoms with Gasteiger partial charge >= 0.3 is 0 Å². The summed E-state index contributed by atoms with van der Waals surface area (Å²) in [7, 11) is 3.53. The molecule has 0 spiro atoms. The first-order valence-corrected chi connectivity index (χ1v) is 9.98. The van der Waals surface area contributed by atoms with Gasteiger partial charge in [-0.2, -0.15) is 0 Å². The Morgan fingerprint density at radius 2 is 2.19 bits per heavy atom. The van der Waals surface area contributed by atoms with Crippen LogP contribution in [0.15, 0.2) is 41.4 Å². The van der Waals surface area contributed by atoms with Crippen LogP contribution in [0.2, 0.25) is 4.34 Å². The molecule has 1 aromatic carbocycles. The molecule has 5 nitrogen and oxygen atoms in total. The second-order valence-electron chi connectivity index (χ2n) is 6.20. The number of hydrogen-bond acceptors (Lipinski definition) is 4. The Kier molecular flexibility index (Phi) is 6.63. The van der Waals surface area contributed by atoms with Gasteiger partial charge in [0.15, 0.2) is 5.96 Å². The number of methoxy groups -OCH3 is 1. The highest BCUT2D eigenvalue weighted by Crippen LogP contribution is 2.30. The predicted octanol–water partition coefficient (Wildman–Crippen LogP) is 3.40. The Hall–Kier alpha value is -1.92. The van der Waals surface area contributed by atoms with Gasteiger partial charge in [0.25, 0.3) is 0 Å². The second kappa shape index (κ2) is 9.14. The van der Waals surface area contributed by atoms with E-state index in [1.807, 2.05) is 25.2 Å². The van der Waals surface area contributed by atoms with Crippen LogP contribution in [0.4, 0.5) is 5.69 Å². The quantitative estimate of drug-likeness (QED) is 0.584. The molecule has 1 aromatic heterocycles. The number of guanidine groups is 1. The minimum absolute atomic E-state index is 0.363. The molecule has 0 aliphatic carbocycles. The van der Waals surface area contributed by atoms with Crippen LogP contribution in [0.3, 0.4) is 0 Å². The third-order valence-corrected chi connectivity index (χ3v) is 5.76. The van der Waals surface area contributed by atoms with Crippen LogP contribution < -0.4 is 20.3 Å². The van der Waals surface area contributed by atoms with Crippen molar-refractivity contribution in [3.8, 4) is 5.75 Å². The van der Waals surface area contributed by atoms with Gasteiger partial charge in [0.05, 0.1) is 17.1 Å². The molecule has 3 rings (SSSR count). The van der Waals surface area contributed by atoms with Gasteiger partial charge in [-0.3, -0.25) is 4.99 Å². The molecular weight excluding hydrogens is 368 g/mol. The maximum absolute atomic E-state index is 5.98. The van der Waals surface area contributed by atoms with Crippen LogP contribution in [0, 0.1) is 0 Å². The summed E-state index contributed by atoms with van der Waals surface area (Å²) in [5.74, 6) is 1.77. The van der Waals surface area contributed by atoms with Gasteiger partial charge < -0.3 is 20.3 Å². The highest BCUT2D eigenvalue weighted by atomic mass is 35.5. The maximum atomic E-state index is 5.98. The molecule has 0 bridgehead atoms. The Morgan fingerprint density at radius 1 is 1.35 bits per heavy atom. The minimum atomic E-state index is 0.363. The highest BCUT2D eigenvalue weighted by molar-refractivity contribution is 7.16. The van der Waals surface area contributed by atoms with Gasteiger partial charge in [-0.25, -0.2) is 0 Å². The first kappa shape index (κ1) is 18.9. The van der Waals surface area contributed by atoms with Crippen molar-refractivity contribution in [3.05, 3.63) is 45.6 Å². The van der Waals surface area contributed by atoms with E-state index in [4.69, 9.17) is 16.3 Å². The largest absolute Gasteiger partial charge is 0.495 e. The molecule has 2 N–H and O–H groups in total. The van der Waals surface area contributed by atoms with Crippen LogP contribution in [-0.2, 0) is 6.42 Å². The van der Waals surface area contributed by atoms with Crippen LogP contribution in [0.5, 0.6) is 5.75 Å². The second-order valence-corrected chi connectivity index (χ2v) is 8.00. The summed E-state index contributed by atoms with van der Waals surface area (Å²) in [5, 5.41) is 6.92. The van der Waals surface area contributed by atoms with Crippen LogP contribution >= 0.6 is 22.9 Å². The fourth-order valence-electron chi connectivity index (χ4n) is 3.17. The third kappa shape index (κ3) is 4.83. The molecule has 1 fully saturated rings. The lowest BCUT2D eigenvalue weighted by molar-refractivity contribution is 0.415. The Labute approximate surface area is 164 Å². The standard InChI is InChI=1S/C19H25ClN4OS/c1-21-19(22-11-9-15-7-8-18(20)26-15)23-14-10-12-24(13-14)16-5-3-4-6-17(16)25-2/h3-8,14H,9-13H2,1-2H3,(H2,21,22,23). The number of nitrogens with zero attached hydrogens (tertiary/aromatic N) is 2. The number of rotatable bonds is 6. The highest BCUT2D eigenvalue weighted by Gasteiger charge is 2.25. The Morgan fingerprint density at radius 3 is 2.92 bits per heavy atom. The molecule has 7 heteroatoms. The van der Waals surface area contributed by atoms with Crippen molar-refractivity contribution in [1.82, 2.24) is 10.6 Å². The predicted molar refractivity (Wildman–Crippen MR) is 111 cm³/mol. The summed E-state index contributed by atoms with van der Waals surface area (Å²) in [5.41, 5.74) is 1.15. The van der Waals surface area contributed by atoms with Crippen molar-refractivity contribution in [1.29, 1.82) is 0 Å². The van der Waals surface area contributed by atoms with E-state index < -0.39 is 0 Å². The van der Waals surface area contributed by atoms with Gasteiger partial charge in [-0.05, 0) is 37.1 Å². The number of ether oxygens (including phenoxy) is 1. The molecule has 1 unspecified atom stereocenters. The van der Waals surface area contributed by atoms with E-state index in [0.29, 0.717) is 6.04 Å². The number of thiophene rings is 1. The molecule has 0 amide bonds. The van der Waals surface area contributed by atoms with E-state index in [1.54, 1.807) is 18.4 Å². The van der Waals surface area contributed by atoms with E-state index in [2.05, 4.69) is 38.7 Å². The molecule has 26 heavy (non-hydrogen) atoms. The van der Waals surface area contributed by atoms with Crippen LogP contribution in [0.25, 0.3) is 0 Å². The fraction of sp³-hybridized carbons (Fsp3) is 0.421. The molecule has 2 heterocycles. The summed E-state index contributed by atoms with van der Waals surface area (Å²) in [6, 6.07) is 12.6. The first-order valence-electron chi connectivity index (χ1n) is 8.79. The number of hydrogen-bond donors (Lipinski definition) is 2. The molecule has 1 aliphatic heterocycles. The maximum Gasteiger partial charge on any atom is 0.191 e. The van der Waals surface area contributed by atoms with Crippen molar-refractivity contribution < 1.29 is 4.74 Å². The molecular formula is C19H25ClN4OS. The minimum Gasteiger partial charge on any atom is -0.495 e. The number of nitrogens with one attached hydrogen (secondary N) is 2. The average Bonchev–Trinajstić information content (AvgIpc) is 3.29. The molecule has 2 aromatic rings. The number of aliphatic imine (C=N–C) groups is 1. The molecule has 0 saturated carbocycles. The van der Waals surface area contributed by atoms with E-state index >= 15 is 0 Å². The van der Waals surface area contributed by atoms with Crippen molar-refractivity contribution in [2.75, 3.05) is 38.7 Å². The topological polar surface area (TPSA) is 48.9 Å². The molecule has 1 atom stereocenters. The lowest BCUT2D eigenvalue weighted by Gasteiger charge is -2.22. The lowest BCUT2D eigenvalue weighted by Crippen LogP contribution is -2.45. The third-order valence-electron chi connectivity index (χ3n) is 4.47. The van der Waals surface area contributed by atoms with E-state index in [0.717, 1.165) is 54.2 Å². The molecule has 1 saturated heterocycles. The van der Waals surface area contributed by atoms with Gasteiger partial charge in [0, 0.05) is 37.6 Å². The van der Waals surface area contributed by atoms with Crippen molar-refractivity contribution in [2.24, 2.45) is 4.99 Å². The number of benzene rings is 1. The van der Waals surface area contributed by atoms with E-state index in [1.165, 1.54) is 4.88 Å². The average molecular weight is 393 g/mol.